The lowest BCUT2D eigenvalue weighted by atomic mass is 9.90. The van der Waals surface area contributed by atoms with E-state index in [4.69, 9.17) is 10.8 Å². The number of hydrogen-bond donors (Lipinski definition) is 2. The Morgan fingerprint density at radius 1 is 1.44 bits per heavy atom. The van der Waals surface area contributed by atoms with Crippen molar-refractivity contribution in [3.05, 3.63) is 23.5 Å². The van der Waals surface area contributed by atoms with Gasteiger partial charge in [-0.3, -0.25) is 0 Å². The van der Waals surface area contributed by atoms with Crippen molar-refractivity contribution >= 4 is 6.09 Å². The number of piperidine rings is 1. The molecule has 0 aromatic rings. The van der Waals surface area contributed by atoms with Crippen LogP contribution in [0, 0.1) is 0 Å². The number of allylic oxidation sites excluding steroid dienone is 2. The van der Waals surface area contributed by atoms with Gasteiger partial charge in [0.2, 0.25) is 0 Å². The number of carbonyl (C=O) groups is 1. The summed E-state index contributed by atoms with van der Waals surface area (Å²) in [5.74, 6) is 0.764. The maximum Gasteiger partial charge on any atom is 0.407 e. The van der Waals surface area contributed by atoms with E-state index in [1.807, 2.05) is 12.2 Å². The third-order valence-corrected chi connectivity index (χ3v) is 3.53. The summed E-state index contributed by atoms with van der Waals surface area (Å²) in [6, 6.07) is 0.227. The molecule has 100 valence electrons. The van der Waals surface area contributed by atoms with Crippen LogP contribution in [0.15, 0.2) is 23.5 Å². The molecule has 0 spiro atoms. The summed E-state index contributed by atoms with van der Waals surface area (Å²) in [4.78, 5) is 14.7. The molecule has 2 heterocycles. The lowest BCUT2D eigenvalue weighted by Gasteiger charge is -2.49. The zero-order valence-electron chi connectivity index (χ0n) is 11.2. The van der Waals surface area contributed by atoms with E-state index in [0.717, 1.165) is 17.8 Å². The Hall–Kier alpha value is -1.65. The molecule has 3 N–H and O–H groups in total. The van der Waals surface area contributed by atoms with Crippen LogP contribution in [0.3, 0.4) is 0 Å². The number of fused-ring (bicyclic) bond motifs is 1. The molecule has 0 aromatic carbocycles. The molecule has 0 bridgehead atoms. The molecule has 1 amide bonds. The van der Waals surface area contributed by atoms with Gasteiger partial charge < -0.3 is 20.6 Å². The molecule has 18 heavy (non-hydrogen) atoms. The molecule has 2 aliphatic rings. The van der Waals surface area contributed by atoms with E-state index in [-0.39, 0.29) is 11.6 Å². The number of hydrogen-bond acceptors (Lipinski definition) is 3. The van der Waals surface area contributed by atoms with Crippen molar-refractivity contribution in [2.45, 2.75) is 38.8 Å². The average molecular weight is 251 g/mol. The van der Waals surface area contributed by atoms with Gasteiger partial charge in [0, 0.05) is 18.6 Å². The summed E-state index contributed by atoms with van der Waals surface area (Å²) in [7, 11) is 0. The highest BCUT2D eigenvalue weighted by Gasteiger charge is 2.37. The fourth-order valence-electron chi connectivity index (χ4n) is 2.80. The number of likely N-dealkylation sites (tertiary alicyclic amines) is 1. The van der Waals surface area contributed by atoms with E-state index in [9.17, 15) is 4.79 Å². The Kier molecular flexibility index (Phi) is 3.00. The Bertz CT molecular complexity index is 420. The van der Waals surface area contributed by atoms with Crippen molar-refractivity contribution < 1.29 is 9.90 Å². The molecule has 2 aliphatic heterocycles. The molecule has 1 atom stereocenters. The molecular formula is C13H21N3O2. The van der Waals surface area contributed by atoms with Crippen LogP contribution < -0.4 is 5.73 Å². The normalized spacial score (nSPS) is 24.3. The zero-order chi connectivity index (χ0) is 13.5. The van der Waals surface area contributed by atoms with Crippen LogP contribution in [0.2, 0.25) is 0 Å². The van der Waals surface area contributed by atoms with Gasteiger partial charge in [-0.1, -0.05) is 6.08 Å². The fourth-order valence-corrected chi connectivity index (χ4v) is 2.80. The van der Waals surface area contributed by atoms with Gasteiger partial charge in [0.25, 0.3) is 0 Å². The standard InChI is InChI=1S/C13H21N3O2/c1-13(2,3)16-10-6-7-15(12(17)18)8-9(10)4-5-11(16)14/h4-5,10H,6-8,14H2,1-3H3,(H,17,18). The molecule has 0 radical (unpaired) electrons. The van der Waals surface area contributed by atoms with Crippen LogP contribution in [-0.4, -0.2) is 45.7 Å². The van der Waals surface area contributed by atoms with E-state index in [1.165, 1.54) is 4.90 Å². The van der Waals surface area contributed by atoms with E-state index in [0.29, 0.717) is 13.1 Å². The van der Waals surface area contributed by atoms with Crippen molar-refractivity contribution in [2.24, 2.45) is 5.73 Å². The maximum absolute atomic E-state index is 11.0. The molecule has 1 saturated heterocycles. The van der Waals surface area contributed by atoms with Crippen LogP contribution in [0.1, 0.15) is 27.2 Å². The largest absolute Gasteiger partial charge is 0.465 e. The van der Waals surface area contributed by atoms with Crippen molar-refractivity contribution in [1.29, 1.82) is 0 Å². The molecule has 5 heteroatoms. The second-order valence-corrected chi connectivity index (χ2v) is 5.88. The maximum atomic E-state index is 11.0. The highest BCUT2D eigenvalue weighted by atomic mass is 16.4. The first-order valence-electron chi connectivity index (χ1n) is 6.24. The summed E-state index contributed by atoms with van der Waals surface area (Å²) in [6.45, 7) is 7.42. The summed E-state index contributed by atoms with van der Waals surface area (Å²) in [5.41, 5.74) is 7.15. The summed E-state index contributed by atoms with van der Waals surface area (Å²) >= 11 is 0. The number of rotatable bonds is 0. The van der Waals surface area contributed by atoms with Crippen LogP contribution in [-0.2, 0) is 0 Å². The second-order valence-electron chi connectivity index (χ2n) is 5.88. The van der Waals surface area contributed by atoms with E-state index >= 15 is 0 Å². The molecular weight excluding hydrogens is 230 g/mol. The molecule has 2 rings (SSSR count). The van der Waals surface area contributed by atoms with Gasteiger partial charge >= 0.3 is 6.09 Å². The van der Waals surface area contributed by atoms with Crippen LogP contribution in [0.5, 0.6) is 0 Å². The van der Waals surface area contributed by atoms with E-state index < -0.39 is 6.09 Å². The first-order chi connectivity index (χ1) is 8.30. The lowest BCUT2D eigenvalue weighted by molar-refractivity contribution is 0.0939. The van der Waals surface area contributed by atoms with Crippen molar-refractivity contribution in [2.75, 3.05) is 13.1 Å². The number of nitrogens with two attached hydrogens (primary N) is 1. The predicted molar refractivity (Wildman–Crippen MR) is 69.9 cm³/mol. The monoisotopic (exact) mass is 251 g/mol. The van der Waals surface area contributed by atoms with E-state index in [1.54, 1.807) is 0 Å². The van der Waals surface area contributed by atoms with Gasteiger partial charge in [-0.15, -0.1) is 0 Å². The topological polar surface area (TPSA) is 69.8 Å². The minimum atomic E-state index is -0.848. The van der Waals surface area contributed by atoms with Gasteiger partial charge in [0.1, 0.15) is 0 Å². The van der Waals surface area contributed by atoms with Gasteiger partial charge in [0.05, 0.1) is 11.9 Å². The van der Waals surface area contributed by atoms with Crippen molar-refractivity contribution in [3.63, 3.8) is 0 Å². The summed E-state index contributed by atoms with van der Waals surface area (Å²) < 4.78 is 0. The lowest BCUT2D eigenvalue weighted by Crippen LogP contribution is -2.56. The third kappa shape index (κ3) is 2.17. The first kappa shape index (κ1) is 12.8. The van der Waals surface area contributed by atoms with Crippen LogP contribution in [0.4, 0.5) is 4.79 Å². The van der Waals surface area contributed by atoms with Crippen molar-refractivity contribution in [1.82, 2.24) is 9.80 Å². The first-order valence-corrected chi connectivity index (χ1v) is 6.24. The van der Waals surface area contributed by atoms with Gasteiger partial charge in [-0.25, -0.2) is 4.79 Å². The SMILES string of the molecule is CC(C)(C)N1C(N)=CC=C2CN(C(=O)O)CCC21. The molecule has 1 fully saturated rings. The van der Waals surface area contributed by atoms with Gasteiger partial charge in [0.15, 0.2) is 0 Å². The molecule has 0 saturated carbocycles. The number of carboxylic acid groups (broad SMARTS) is 1. The van der Waals surface area contributed by atoms with Gasteiger partial charge in [-0.05, 0) is 38.8 Å². The smallest absolute Gasteiger partial charge is 0.407 e. The van der Waals surface area contributed by atoms with Gasteiger partial charge in [-0.2, -0.15) is 0 Å². The van der Waals surface area contributed by atoms with Crippen LogP contribution in [0.25, 0.3) is 0 Å². The second kappa shape index (κ2) is 4.23. The quantitative estimate of drug-likeness (QED) is 0.686. The molecule has 5 nitrogen and oxygen atoms in total. The number of nitrogens with zero attached hydrogens (tertiary/aromatic N) is 2. The average Bonchev–Trinajstić information content (AvgIpc) is 2.26. The molecule has 1 unspecified atom stereocenters. The summed E-state index contributed by atoms with van der Waals surface area (Å²) in [6.07, 6.45) is 3.79. The van der Waals surface area contributed by atoms with E-state index in [2.05, 4.69) is 25.7 Å². The highest BCUT2D eigenvalue weighted by Crippen LogP contribution is 2.32. The Morgan fingerprint density at radius 3 is 2.67 bits per heavy atom. The Morgan fingerprint density at radius 2 is 2.11 bits per heavy atom. The molecule has 0 aromatic heterocycles. The summed E-state index contributed by atoms with van der Waals surface area (Å²) in [5, 5.41) is 9.05. The minimum Gasteiger partial charge on any atom is -0.465 e. The number of amides is 1. The highest BCUT2D eigenvalue weighted by molar-refractivity contribution is 5.66. The third-order valence-electron chi connectivity index (χ3n) is 3.53. The predicted octanol–water partition coefficient (Wildman–Crippen LogP) is 1.58. The van der Waals surface area contributed by atoms with Crippen LogP contribution >= 0.6 is 0 Å². The molecule has 0 aliphatic carbocycles. The Labute approximate surface area is 108 Å². The fraction of sp³-hybridized carbons (Fsp3) is 0.615. The minimum absolute atomic E-state index is 0.0594. The van der Waals surface area contributed by atoms with Crippen molar-refractivity contribution in [3.8, 4) is 0 Å². The Balaban J connectivity index is 2.26. The zero-order valence-corrected chi connectivity index (χ0v) is 11.2.